The van der Waals surface area contributed by atoms with E-state index in [-0.39, 0.29) is 11.4 Å². The van der Waals surface area contributed by atoms with Crippen LogP contribution in [-0.4, -0.2) is 19.2 Å². The molecule has 2 unspecified atom stereocenters. The Hall–Kier alpha value is -0.930. The Morgan fingerprint density at radius 1 is 1.40 bits per heavy atom. The molecule has 3 heteroatoms. The standard InChI is InChI=1S/C12H16FNO/c1-9-7-15-12(2,8-14-9)10-3-5-11(13)6-4-10/h3-6,9,14H,7-8H2,1-2H3. The maximum atomic E-state index is 12.8. The average Bonchev–Trinajstić information content (AvgIpc) is 2.24. The first-order valence-electron chi connectivity index (χ1n) is 5.23. The van der Waals surface area contributed by atoms with Gasteiger partial charge < -0.3 is 10.1 Å². The summed E-state index contributed by atoms with van der Waals surface area (Å²) in [6.45, 7) is 5.57. The second-order valence-electron chi connectivity index (χ2n) is 4.33. The van der Waals surface area contributed by atoms with Gasteiger partial charge in [-0.2, -0.15) is 0 Å². The molecule has 2 nitrogen and oxygen atoms in total. The van der Waals surface area contributed by atoms with Gasteiger partial charge in [0.05, 0.1) is 6.61 Å². The molecule has 15 heavy (non-hydrogen) atoms. The molecule has 0 radical (unpaired) electrons. The number of ether oxygens (including phenoxy) is 1. The lowest BCUT2D eigenvalue weighted by Gasteiger charge is -2.37. The van der Waals surface area contributed by atoms with Crippen molar-refractivity contribution in [2.75, 3.05) is 13.2 Å². The highest BCUT2D eigenvalue weighted by molar-refractivity contribution is 5.23. The lowest BCUT2D eigenvalue weighted by Crippen LogP contribution is -2.50. The van der Waals surface area contributed by atoms with Gasteiger partial charge in [-0.05, 0) is 31.5 Å². The number of hydrogen-bond donors (Lipinski definition) is 1. The van der Waals surface area contributed by atoms with Crippen molar-refractivity contribution >= 4 is 0 Å². The molecule has 1 aliphatic heterocycles. The summed E-state index contributed by atoms with van der Waals surface area (Å²) in [5, 5.41) is 3.37. The molecule has 0 aliphatic carbocycles. The fourth-order valence-electron chi connectivity index (χ4n) is 1.78. The number of rotatable bonds is 1. The molecule has 82 valence electrons. The Morgan fingerprint density at radius 3 is 2.60 bits per heavy atom. The van der Waals surface area contributed by atoms with E-state index in [4.69, 9.17) is 4.74 Å². The number of benzene rings is 1. The van der Waals surface area contributed by atoms with Crippen molar-refractivity contribution in [2.45, 2.75) is 25.5 Å². The maximum absolute atomic E-state index is 12.8. The molecular formula is C12H16FNO. The van der Waals surface area contributed by atoms with Crippen LogP contribution < -0.4 is 5.32 Å². The molecule has 1 aromatic carbocycles. The first-order chi connectivity index (χ1) is 7.10. The molecule has 0 saturated carbocycles. The summed E-state index contributed by atoms with van der Waals surface area (Å²) in [6.07, 6.45) is 0. The van der Waals surface area contributed by atoms with E-state index in [1.807, 2.05) is 6.92 Å². The van der Waals surface area contributed by atoms with Crippen LogP contribution in [0.3, 0.4) is 0 Å². The van der Waals surface area contributed by atoms with Gasteiger partial charge in [-0.15, -0.1) is 0 Å². The Labute approximate surface area is 89.4 Å². The molecule has 2 rings (SSSR count). The summed E-state index contributed by atoms with van der Waals surface area (Å²) in [5.41, 5.74) is 0.684. The topological polar surface area (TPSA) is 21.3 Å². The molecular weight excluding hydrogens is 193 g/mol. The van der Waals surface area contributed by atoms with Crippen molar-refractivity contribution in [3.05, 3.63) is 35.6 Å². The monoisotopic (exact) mass is 209 g/mol. The third kappa shape index (κ3) is 2.19. The number of halogens is 1. The second kappa shape index (κ2) is 3.91. The molecule has 1 saturated heterocycles. The van der Waals surface area contributed by atoms with Gasteiger partial charge in [-0.1, -0.05) is 12.1 Å². The summed E-state index contributed by atoms with van der Waals surface area (Å²) in [7, 11) is 0. The van der Waals surface area contributed by atoms with Crippen LogP contribution in [0.15, 0.2) is 24.3 Å². The van der Waals surface area contributed by atoms with Crippen LogP contribution in [-0.2, 0) is 10.3 Å². The summed E-state index contributed by atoms with van der Waals surface area (Å²) in [5.74, 6) is -0.209. The van der Waals surface area contributed by atoms with Crippen LogP contribution in [0.1, 0.15) is 19.4 Å². The van der Waals surface area contributed by atoms with Crippen molar-refractivity contribution in [3.8, 4) is 0 Å². The molecule has 0 amide bonds. The van der Waals surface area contributed by atoms with Gasteiger partial charge in [0.25, 0.3) is 0 Å². The fraction of sp³-hybridized carbons (Fsp3) is 0.500. The van der Waals surface area contributed by atoms with Crippen molar-refractivity contribution in [1.29, 1.82) is 0 Å². The van der Waals surface area contributed by atoms with Crippen LogP contribution in [0, 0.1) is 5.82 Å². The number of nitrogens with one attached hydrogen (secondary N) is 1. The van der Waals surface area contributed by atoms with Crippen molar-refractivity contribution in [1.82, 2.24) is 5.32 Å². The normalized spacial score (nSPS) is 31.5. The van der Waals surface area contributed by atoms with E-state index in [9.17, 15) is 4.39 Å². The molecule has 1 aliphatic rings. The zero-order chi connectivity index (χ0) is 10.9. The summed E-state index contributed by atoms with van der Waals surface area (Å²) < 4.78 is 18.6. The van der Waals surface area contributed by atoms with Gasteiger partial charge in [0, 0.05) is 12.6 Å². The molecule has 1 heterocycles. The summed E-state index contributed by atoms with van der Waals surface area (Å²) >= 11 is 0. The Kier molecular flexibility index (Phi) is 2.76. The molecule has 1 aromatic rings. The highest BCUT2D eigenvalue weighted by Gasteiger charge is 2.31. The average molecular weight is 209 g/mol. The van der Waals surface area contributed by atoms with Gasteiger partial charge in [0.2, 0.25) is 0 Å². The molecule has 1 N–H and O–H groups in total. The summed E-state index contributed by atoms with van der Waals surface area (Å²) in [6, 6.07) is 6.91. The molecule has 0 aromatic heterocycles. The molecule has 0 spiro atoms. The van der Waals surface area contributed by atoms with E-state index >= 15 is 0 Å². The van der Waals surface area contributed by atoms with Gasteiger partial charge >= 0.3 is 0 Å². The van der Waals surface area contributed by atoms with E-state index < -0.39 is 0 Å². The van der Waals surface area contributed by atoms with Crippen molar-refractivity contribution in [2.24, 2.45) is 0 Å². The quantitative estimate of drug-likeness (QED) is 0.764. The predicted molar refractivity (Wildman–Crippen MR) is 57.2 cm³/mol. The van der Waals surface area contributed by atoms with Crippen LogP contribution in [0.25, 0.3) is 0 Å². The minimum atomic E-state index is -0.333. The smallest absolute Gasteiger partial charge is 0.123 e. The van der Waals surface area contributed by atoms with Gasteiger partial charge in [-0.3, -0.25) is 0 Å². The van der Waals surface area contributed by atoms with Crippen LogP contribution in [0.4, 0.5) is 4.39 Å². The minimum Gasteiger partial charge on any atom is -0.368 e. The van der Waals surface area contributed by atoms with Gasteiger partial charge in [-0.25, -0.2) is 4.39 Å². The van der Waals surface area contributed by atoms with Crippen LogP contribution in [0.5, 0.6) is 0 Å². The maximum Gasteiger partial charge on any atom is 0.123 e. The molecule has 0 bridgehead atoms. The number of hydrogen-bond acceptors (Lipinski definition) is 2. The zero-order valence-corrected chi connectivity index (χ0v) is 9.09. The van der Waals surface area contributed by atoms with E-state index in [0.29, 0.717) is 12.6 Å². The first-order valence-corrected chi connectivity index (χ1v) is 5.23. The number of morpholine rings is 1. The lowest BCUT2D eigenvalue weighted by atomic mass is 9.94. The van der Waals surface area contributed by atoms with E-state index in [1.165, 1.54) is 12.1 Å². The van der Waals surface area contributed by atoms with E-state index in [2.05, 4.69) is 12.2 Å². The summed E-state index contributed by atoms with van der Waals surface area (Å²) in [4.78, 5) is 0. The van der Waals surface area contributed by atoms with Crippen molar-refractivity contribution in [3.63, 3.8) is 0 Å². The Balaban J connectivity index is 2.18. The van der Waals surface area contributed by atoms with E-state index in [0.717, 1.165) is 12.1 Å². The predicted octanol–water partition coefficient (Wildman–Crippen LogP) is 2.05. The lowest BCUT2D eigenvalue weighted by molar-refractivity contribution is -0.0728. The van der Waals surface area contributed by atoms with Crippen molar-refractivity contribution < 1.29 is 9.13 Å². The van der Waals surface area contributed by atoms with Gasteiger partial charge in [0.15, 0.2) is 0 Å². The second-order valence-corrected chi connectivity index (χ2v) is 4.33. The Bertz CT molecular complexity index is 328. The first kappa shape index (κ1) is 10.6. The van der Waals surface area contributed by atoms with Crippen LogP contribution >= 0.6 is 0 Å². The fourth-order valence-corrected chi connectivity index (χ4v) is 1.78. The third-order valence-electron chi connectivity index (χ3n) is 2.89. The van der Waals surface area contributed by atoms with Gasteiger partial charge in [0.1, 0.15) is 11.4 Å². The van der Waals surface area contributed by atoms with E-state index in [1.54, 1.807) is 12.1 Å². The molecule has 2 atom stereocenters. The third-order valence-corrected chi connectivity index (χ3v) is 2.89. The SMILES string of the molecule is CC1COC(C)(c2ccc(F)cc2)CN1. The minimum absolute atomic E-state index is 0.209. The Morgan fingerprint density at radius 2 is 2.07 bits per heavy atom. The zero-order valence-electron chi connectivity index (χ0n) is 9.09. The van der Waals surface area contributed by atoms with Crippen LogP contribution in [0.2, 0.25) is 0 Å². The highest BCUT2D eigenvalue weighted by Crippen LogP contribution is 2.27. The highest BCUT2D eigenvalue weighted by atomic mass is 19.1. The largest absolute Gasteiger partial charge is 0.368 e. The molecule has 1 fully saturated rings.